The van der Waals surface area contributed by atoms with Crippen LogP contribution in [-0.4, -0.2) is 45.2 Å². The first kappa shape index (κ1) is 11.2. The van der Waals surface area contributed by atoms with E-state index in [9.17, 15) is 4.79 Å². The molecule has 0 rings (SSSR count). The minimum atomic E-state index is -0.175. The first-order chi connectivity index (χ1) is 5.22. The molecule has 0 spiro atoms. The quantitative estimate of drug-likeness (QED) is 0.580. The fourth-order valence-corrected chi connectivity index (χ4v) is 2.42. The topological polar surface area (TPSA) is 46.5 Å². The third-order valence-corrected chi connectivity index (χ3v) is 3.53. The van der Waals surface area contributed by atoms with Gasteiger partial charge >= 0.3 is 77.0 Å². The molecule has 66 valence electrons. The van der Waals surface area contributed by atoms with Gasteiger partial charge in [0.2, 0.25) is 0 Å². The van der Waals surface area contributed by atoms with Crippen LogP contribution in [0.2, 0.25) is 9.44 Å². The van der Waals surface area contributed by atoms with Gasteiger partial charge in [-0.1, -0.05) is 0 Å². The van der Waals surface area contributed by atoms with Crippen molar-refractivity contribution in [1.29, 1.82) is 0 Å². The number of ether oxygens (including phenoxy) is 1. The van der Waals surface area contributed by atoms with Gasteiger partial charge in [0, 0.05) is 0 Å². The van der Waals surface area contributed by atoms with Gasteiger partial charge < -0.3 is 0 Å². The average Bonchev–Trinajstić information content (AvgIpc) is 2.00. The number of aliphatic hydroxyl groups is 1. The SMILES string of the molecule is C[Te]CC(C)C(=O)OCCO. The van der Waals surface area contributed by atoms with Gasteiger partial charge in [0.15, 0.2) is 0 Å². The second-order valence-corrected chi connectivity index (χ2v) is 4.85. The Balaban J connectivity index is 3.47. The molecule has 0 fully saturated rings. The van der Waals surface area contributed by atoms with Crippen LogP contribution in [0.25, 0.3) is 0 Å². The van der Waals surface area contributed by atoms with Gasteiger partial charge in [0.05, 0.1) is 0 Å². The summed E-state index contributed by atoms with van der Waals surface area (Å²) in [5, 5.41) is 8.36. The Morgan fingerprint density at radius 3 is 2.82 bits per heavy atom. The van der Waals surface area contributed by atoms with Crippen LogP contribution in [0.4, 0.5) is 0 Å². The maximum atomic E-state index is 11.0. The summed E-state index contributed by atoms with van der Waals surface area (Å²) < 4.78 is 5.72. The van der Waals surface area contributed by atoms with Gasteiger partial charge in [-0.2, -0.15) is 0 Å². The van der Waals surface area contributed by atoms with E-state index in [4.69, 9.17) is 9.84 Å². The summed E-state index contributed by atoms with van der Waals surface area (Å²) in [4.78, 5) is 13.1. The molecular formula is C7H14O3Te. The molecule has 1 atom stereocenters. The molecule has 4 heteroatoms. The van der Waals surface area contributed by atoms with E-state index in [1.165, 1.54) is 0 Å². The van der Waals surface area contributed by atoms with Crippen molar-refractivity contribution in [2.75, 3.05) is 13.2 Å². The number of carbonyl (C=O) groups excluding carboxylic acids is 1. The zero-order chi connectivity index (χ0) is 8.69. The summed E-state index contributed by atoms with van der Waals surface area (Å²) in [6.07, 6.45) is 0. The summed E-state index contributed by atoms with van der Waals surface area (Å²) in [6.45, 7) is 1.92. The van der Waals surface area contributed by atoms with Crippen molar-refractivity contribution < 1.29 is 14.6 Å². The van der Waals surface area contributed by atoms with Gasteiger partial charge in [0.1, 0.15) is 0 Å². The third-order valence-electron chi connectivity index (χ3n) is 1.15. The van der Waals surface area contributed by atoms with Crippen molar-refractivity contribution in [2.45, 2.75) is 16.4 Å². The van der Waals surface area contributed by atoms with Crippen LogP contribution in [0, 0.1) is 5.92 Å². The molecule has 0 amide bonds. The molecule has 0 radical (unpaired) electrons. The standard InChI is InChI=1S/C7H14O3Te/c1-6(5-11-2)7(9)10-4-3-8/h6,8H,3-5H2,1-2H3. The van der Waals surface area contributed by atoms with Gasteiger partial charge in [0.25, 0.3) is 0 Å². The molecule has 0 aromatic heterocycles. The first-order valence-corrected chi connectivity index (χ1v) is 7.46. The second kappa shape index (κ2) is 6.90. The molecule has 0 bridgehead atoms. The van der Waals surface area contributed by atoms with E-state index in [1.807, 2.05) is 6.92 Å². The number of rotatable bonds is 5. The van der Waals surface area contributed by atoms with Crippen molar-refractivity contribution in [3.05, 3.63) is 0 Å². The van der Waals surface area contributed by atoms with E-state index in [1.54, 1.807) is 0 Å². The van der Waals surface area contributed by atoms with Crippen molar-refractivity contribution in [1.82, 2.24) is 0 Å². The predicted molar refractivity (Wildman–Crippen MR) is 43.6 cm³/mol. The summed E-state index contributed by atoms with van der Waals surface area (Å²) in [6, 6.07) is 0. The Morgan fingerprint density at radius 2 is 2.36 bits per heavy atom. The molecule has 0 saturated carbocycles. The fourth-order valence-electron chi connectivity index (χ4n) is 0.607. The molecule has 0 aromatic carbocycles. The van der Waals surface area contributed by atoms with Gasteiger partial charge in [-0.15, -0.1) is 0 Å². The Bertz CT molecular complexity index is 116. The van der Waals surface area contributed by atoms with E-state index in [0.717, 1.165) is 4.47 Å². The van der Waals surface area contributed by atoms with E-state index in [0.29, 0.717) is 0 Å². The van der Waals surface area contributed by atoms with Crippen molar-refractivity contribution in [2.24, 2.45) is 5.92 Å². The van der Waals surface area contributed by atoms with Gasteiger partial charge in [-0.05, 0) is 0 Å². The van der Waals surface area contributed by atoms with Crippen molar-refractivity contribution in [3.63, 3.8) is 0 Å². The van der Waals surface area contributed by atoms with Crippen LogP contribution in [0.3, 0.4) is 0 Å². The van der Waals surface area contributed by atoms with Crippen LogP contribution in [0.1, 0.15) is 6.92 Å². The van der Waals surface area contributed by atoms with E-state index >= 15 is 0 Å². The summed E-state index contributed by atoms with van der Waals surface area (Å²) in [7, 11) is 0. The molecule has 0 aliphatic carbocycles. The number of carbonyl (C=O) groups is 1. The first-order valence-electron chi connectivity index (χ1n) is 3.48. The van der Waals surface area contributed by atoms with E-state index < -0.39 is 0 Å². The van der Waals surface area contributed by atoms with Crippen molar-refractivity contribution >= 4 is 26.9 Å². The molecule has 11 heavy (non-hydrogen) atoms. The number of aliphatic hydroxyl groups excluding tert-OH is 1. The van der Waals surface area contributed by atoms with E-state index in [2.05, 4.69) is 4.97 Å². The van der Waals surface area contributed by atoms with Crippen LogP contribution in [0.5, 0.6) is 0 Å². The molecule has 0 aliphatic heterocycles. The molecule has 0 heterocycles. The Hall–Kier alpha value is 0.220. The van der Waals surface area contributed by atoms with Crippen LogP contribution in [-0.2, 0) is 9.53 Å². The average molecular weight is 274 g/mol. The predicted octanol–water partition coefficient (Wildman–Crippen LogP) is 0.329. The monoisotopic (exact) mass is 276 g/mol. The molecule has 0 aliphatic rings. The normalized spacial score (nSPS) is 12.6. The molecule has 3 nitrogen and oxygen atoms in total. The zero-order valence-corrected chi connectivity index (χ0v) is 9.20. The second-order valence-electron chi connectivity index (χ2n) is 2.25. The molecule has 1 N–H and O–H groups in total. The molecule has 0 aromatic rings. The van der Waals surface area contributed by atoms with Gasteiger partial charge in [-0.3, -0.25) is 0 Å². The van der Waals surface area contributed by atoms with E-state index in [-0.39, 0.29) is 46.0 Å². The van der Waals surface area contributed by atoms with Gasteiger partial charge in [-0.25, -0.2) is 0 Å². The zero-order valence-electron chi connectivity index (χ0n) is 6.87. The van der Waals surface area contributed by atoms with Crippen LogP contribution in [0.15, 0.2) is 0 Å². The third kappa shape index (κ3) is 5.49. The Labute approximate surface area is 77.2 Å². The fraction of sp³-hybridized carbons (Fsp3) is 0.857. The minimum absolute atomic E-state index is 0.00398. The number of hydrogen-bond acceptors (Lipinski definition) is 3. The Kier molecular flexibility index (Phi) is 7.04. The summed E-state index contributed by atoms with van der Waals surface area (Å²) in [5.74, 6) is -0.153. The number of hydrogen-bond donors (Lipinski definition) is 1. The Morgan fingerprint density at radius 1 is 1.73 bits per heavy atom. The molecule has 0 saturated heterocycles. The summed E-state index contributed by atoms with van der Waals surface area (Å²) >= 11 is 0.00398. The maximum absolute atomic E-state index is 11.0. The molecular weight excluding hydrogens is 260 g/mol. The molecule has 1 unspecified atom stereocenters. The number of esters is 1. The summed E-state index contributed by atoms with van der Waals surface area (Å²) in [5.41, 5.74) is 0. The van der Waals surface area contributed by atoms with Crippen LogP contribution < -0.4 is 0 Å². The van der Waals surface area contributed by atoms with Crippen LogP contribution >= 0.6 is 0 Å². The van der Waals surface area contributed by atoms with Crippen molar-refractivity contribution in [3.8, 4) is 0 Å².